The normalized spacial score (nSPS) is 28.7. The van der Waals surface area contributed by atoms with Crippen LogP contribution in [0.3, 0.4) is 0 Å². The number of rotatable bonds is 4. The number of nitrogens with one attached hydrogen (secondary N) is 1. The van der Waals surface area contributed by atoms with Crippen molar-refractivity contribution in [3.8, 4) is 0 Å². The van der Waals surface area contributed by atoms with Crippen LogP contribution in [0.25, 0.3) is 0 Å². The first-order valence-electron chi connectivity index (χ1n) is 7.61. The molecule has 2 fully saturated rings. The van der Waals surface area contributed by atoms with Crippen molar-refractivity contribution < 1.29 is 9.53 Å². The molecular weight excluding hydrogens is 240 g/mol. The van der Waals surface area contributed by atoms with Crippen molar-refractivity contribution in [2.24, 2.45) is 0 Å². The lowest BCUT2D eigenvalue weighted by atomic mass is 9.93. The average molecular weight is 268 g/mol. The molecule has 2 rings (SSSR count). The van der Waals surface area contributed by atoms with Gasteiger partial charge in [0.1, 0.15) is 0 Å². The molecule has 110 valence electrons. The summed E-state index contributed by atoms with van der Waals surface area (Å²) in [6.07, 6.45) is 6.47. The number of likely N-dealkylation sites (tertiary alicyclic amines) is 1. The fourth-order valence-corrected chi connectivity index (χ4v) is 3.26. The van der Waals surface area contributed by atoms with E-state index >= 15 is 0 Å². The van der Waals surface area contributed by atoms with Crippen LogP contribution in [-0.4, -0.2) is 48.7 Å². The zero-order valence-electron chi connectivity index (χ0n) is 12.6. The van der Waals surface area contributed by atoms with E-state index in [-0.39, 0.29) is 11.5 Å². The molecule has 2 unspecified atom stereocenters. The van der Waals surface area contributed by atoms with Crippen molar-refractivity contribution in [3.63, 3.8) is 0 Å². The SMILES string of the molecule is COC(C)(C)CC(=O)N1CCCCC1C1CCCN1. The van der Waals surface area contributed by atoms with Gasteiger partial charge in [0.25, 0.3) is 0 Å². The Labute approximate surface area is 116 Å². The number of amides is 1. The predicted octanol–water partition coefficient (Wildman–Crippen LogP) is 1.93. The maximum atomic E-state index is 12.6. The topological polar surface area (TPSA) is 41.6 Å². The number of piperidine rings is 1. The number of hydrogen-bond donors (Lipinski definition) is 1. The zero-order valence-corrected chi connectivity index (χ0v) is 12.6. The van der Waals surface area contributed by atoms with Gasteiger partial charge in [0.15, 0.2) is 0 Å². The molecule has 0 saturated carbocycles. The van der Waals surface area contributed by atoms with Gasteiger partial charge in [0, 0.05) is 25.7 Å². The van der Waals surface area contributed by atoms with Gasteiger partial charge < -0.3 is 15.0 Å². The quantitative estimate of drug-likeness (QED) is 0.847. The van der Waals surface area contributed by atoms with Crippen LogP contribution >= 0.6 is 0 Å². The van der Waals surface area contributed by atoms with Crippen molar-refractivity contribution >= 4 is 5.91 Å². The summed E-state index contributed by atoms with van der Waals surface area (Å²) >= 11 is 0. The molecule has 1 N–H and O–H groups in total. The summed E-state index contributed by atoms with van der Waals surface area (Å²) in [6, 6.07) is 0.909. The molecule has 2 saturated heterocycles. The second kappa shape index (κ2) is 6.23. The first kappa shape index (κ1) is 14.8. The molecule has 2 aliphatic rings. The van der Waals surface area contributed by atoms with E-state index in [9.17, 15) is 4.79 Å². The van der Waals surface area contributed by atoms with Crippen LogP contribution in [0, 0.1) is 0 Å². The van der Waals surface area contributed by atoms with Gasteiger partial charge in [-0.3, -0.25) is 4.79 Å². The van der Waals surface area contributed by atoms with E-state index in [4.69, 9.17) is 4.74 Å². The standard InChI is InChI=1S/C15H28N2O2/c1-15(2,19-3)11-14(18)17-10-5-4-8-13(17)12-7-6-9-16-12/h12-13,16H,4-11H2,1-3H3. The van der Waals surface area contributed by atoms with Crippen LogP contribution in [0.4, 0.5) is 0 Å². The van der Waals surface area contributed by atoms with Gasteiger partial charge >= 0.3 is 0 Å². The van der Waals surface area contributed by atoms with Crippen LogP contribution in [0.1, 0.15) is 52.4 Å². The molecular formula is C15H28N2O2. The Bertz CT molecular complexity index is 311. The van der Waals surface area contributed by atoms with E-state index in [1.165, 1.54) is 19.3 Å². The summed E-state index contributed by atoms with van der Waals surface area (Å²) in [5.41, 5.74) is -0.359. The van der Waals surface area contributed by atoms with Gasteiger partial charge in [-0.1, -0.05) is 0 Å². The van der Waals surface area contributed by atoms with Crippen molar-refractivity contribution in [1.82, 2.24) is 10.2 Å². The van der Waals surface area contributed by atoms with Crippen molar-refractivity contribution in [2.45, 2.75) is 70.1 Å². The Morgan fingerprint density at radius 1 is 1.32 bits per heavy atom. The third-order valence-corrected chi connectivity index (χ3v) is 4.56. The average Bonchev–Trinajstić information content (AvgIpc) is 2.92. The number of carbonyl (C=O) groups is 1. The Morgan fingerprint density at radius 2 is 2.11 bits per heavy atom. The van der Waals surface area contributed by atoms with E-state index in [0.29, 0.717) is 18.5 Å². The molecule has 0 aromatic heterocycles. The molecule has 0 spiro atoms. The van der Waals surface area contributed by atoms with Crippen molar-refractivity contribution in [2.75, 3.05) is 20.2 Å². The highest BCUT2D eigenvalue weighted by atomic mass is 16.5. The molecule has 4 nitrogen and oxygen atoms in total. The largest absolute Gasteiger partial charge is 0.378 e. The molecule has 0 aromatic carbocycles. The molecule has 0 aliphatic carbocycles. The van der Waals surface area contributed by atoms with Gasteiger partial charge in [-0.05, 0) is 52.5 Å². The molecule has 2 heterocycles. The molecule has 0 bridgehead atoms. The Kier molecular flexibility index (Phi) is 4.85. The summed E-state index contributed by atoms with van der Waals surface area (Å²) < 4.78 is 5.40. The number of hydrogen-bond acceptors (Lipinski definition) is 3. The first-order valence-corrected chi connectivity index (χ1v) is 7.61. The van der Waals surface area contributed by atoms with Crippen LogP contribution in [-0.2, 0) is 9.53 Å². The number of ether oxygens (including phenoxy) is 1. The van der Waals surface area contributed by atoms with E-state index < -0.39 is 0 Å². The number of nitrogens with zero attached hydrogens (tertiary/aromatic N) is 1. The maximum absolute atomic E-state index is 12.6. The number of carbonyl (C=O) groups excluding carboxylic acids is 1. The summed E-state index contributed by atoms with van der Waals surface area (Å²) in [5.74, 6) is 0.255. The van der Waals surface area contributed by atoms with Gasteiger partial charge in [0.2, 0.25) is 5.91 Å². The fourth-order valence-electron chi connectivity index (χ4n) is 3.26. The lowest BCUT2D eigenvalue weighted by Crippen LogP contribution is -2.53. The molecule has 19 heavy (non-hydrogen) atoms. The third-order valence-electron chi connectivity index (χ3n) is 4.56. The van der Waals surface area contributed by atoms with E-state index in [1.54, 1.807) is 7.11 Å². The monoisotopic (exact) mass is 268 g/mol. The van der Waals surface area contributed by atoms with E-state index in [0.717, 1.165) is 25.9 Å². The minimum atomic E-state index is -0.359. The van der Waals surface area contributed by atoms with Gasteiger partial charge in [-0.2, -0.15) is 0 Å². The van der Waals surface area contributed by atoms with Crippen LogP contribution in [0.2, 0.25) is 0 Å². The highest BCUT2D eigenvalue weighted by Crippen LogP contribution is 2.26. The van der Waals surface area contributed by atoms with Gasteiger partial charge in [-0.15, -0.1) is 0 Å². The van der Waals surface area contributed by atoms with E-state index in [2.05, 4.69) is 10.2 Å². The Hall–Kier alpha value is -0.610. The minimum absolute atomic E-state index is 0.255. The summed E-state index contributed by atoms with van der Waals surface area (Å²) in [7, 11) is 1.68. The first-order chi connectivity index (χ1) is 9.03. The second-order valence-electron chi connectivity index (χ2n) is 6.49. The summed E-state index contributed by atoms with van der Waals surface area (Å²) in [4.78, 5) is 14.7. The maximum Gasteiger partial charge on any atom is 0.225 e. The molecule has 2 aliphatic heterocycles. The van der Waals surface area contributed by atoms with Crippen molar-refractivity contribution in [3.05, 3.63) is 0 Å². The minimum Gasteiger partial charge on any atom is -0.378 e. The Morgan fingerprint density at radius 3 is 2.74 bits per heavy atom. The molecule has 2 atom stereocenters. The molecule has 4 heteroatoms. The predicted molar refractivity (Wildman–Crippen MR) is 76.1 cm³/mol. The summed E-state index contributed by atoms with van der Waals surface area (Å²) in [5, 5.41) is 3.56. The molecule has 0 radical (unpaired) electrons. The van der Waals surface area contributed by atoms with Crippen LogP contribution < -0.4 is 5.32 Å². The highest BCUT2D eigenvalue weighted by Gasteiger charge is 2.35. The lowest BCUT2D eigenvalue weighted by Gasteiger charge is -2.40. The Balaban J connectivity index is 2.00. The van der Waals surface area contributed by atoms with Crippen LogP contribution in [0.5, 0.6) is 0 Å². The summed E-state index contributed by atoms with van der Waals surface area (Å²) in [6.45, 7) is 5.99. The third kappa shape index (κ3) is 3.69. The molecule has 0 aromatic rings. The zero-order chi connectivity index (χ0) is 13.9. The molecule has 1 amide bonds. The van der Waals surface area contributed by atoms with Crippen molar-refractivity contribution in [1.29, 1.82) is 0 Å². The van der Waals surface area contributed by atoms with Gasteiger partial charge in [0.05, 0.1) is 12.0 Å². The fraction of sp³-hybridized carbons (Fsp3) is 0.933. The van der Waals surface area contributed by atoms with Gasteiger partial charge in [-0.25, -0.2) is 0 Å². The smallest absolute Gasteiger partial charge is 0.225 e. The highest BCUT2D eigenvalue weighted by molar-refractivity contribution is 5.77. The van der Waals surface area contributed by atoms with Crippen LogP contribution in [0.15, 0.2) is 0 Å². The lowest BCUT2D eigenvalue weighted by molar-refractivity contribution is -0.140. The number of methoxy groups -OCH3 is 1. The second-order valence-corrected chi connectivity index (χ2v) is 6.49. The van der Waals surface area contributed by atoms with E-state index in [1.807, 2.05) is 13.8 Å².